The molecule has 1 fully saturated rings. The molecule has 1 N–H and O–H groups in total. The first kappa shape index (κ1) is 20.7. The van der Waals surface area contributed by atoms with Gasteiger partial charge in [0.15, 0.2) is 5.82 Å². The highest BCUT2D eigenvalue weighted by molar-refractivity contribution is 5.99. The van der Waals surface area contributed by atoms with Crippen LogP contribution in [0.3, 0.4) is 0 Å². The van der Waals surface area contributed by atoms with Crippen molar-refractivity contribution >= 4 is 22.6 Å². The second-order valence-corrected chi connectivity index (χ2v) is 7.62. The van der Waals surface area contributed by atoms with Crippen LogP contribution < -0.4 is 15.0 Å². The Hall–Kier alpha value is -4.14. The minimum atomic E-state index is -0.680. The normalized spacial score (nSPS) is 13.8. The number of aromatic nitrogens is 3. The molecule has 2 aromatic heterocycles. The fraction of sp³-hybridized carbons (Fsp3) is 0.167. The lowest BCUT2D eigenvalue weighted by molar-refractivity contribution is -0.120. The lowest BCUT2D eigenvalue weighted by Gasteiger charge is -2.29. The van der Waals surface area contributed by atoms with Gasteiger partial charge in [0.1, 0.15) is 28.7 Å². The summed E-state index contributed by atoms with van der Waals surface area (Å²) in [5.74, 6) is -0.0980. The highest BCUT2D eigenvalue weighted by Gasteiger charge is 2.23. The predicted octanol–water partition coefficient (Wildman–Crippen LogP) is 3.58. The number of methoxy groups -OCH3 is 1. The minimum absolute atomic E-state index is 0.119. The van der Waals surface area contributed by atoms with Crippen LogP contribution >= 0.6 is 0 Å². The molecule has 5 rings (SSSR count). The monoisotopic (exact) mass is 447 g/mol. The van der Waals surface area contributed by atoms with E-state index in [0.717, 1.165) is 6.07 Å². The number of ether oxygens (including phenoxy) is 1. The Balaban J connectivity index is 1.78. The predicted molar refractivity (Wildman–Crippen MR) is 120 cm³/mol. The van der Waals surface area contributed by atoms with Gasteiger partial charge in [-0.25, -0.2) is 18.7 Å². The summed E-state index contributed by atoms with van der Waals surface area (Å²) < 4.78 is 33.4. The molecule has 1 aliphatic rings. The third-order valence-electron chi connectivity index (χ3n) is 5.42. The first-order valence-electron chi connectivity index (χ1n) is 10.3. The number of amides is 1. The van der Waals surface area contributed by atoms with Crippen LogP contribution in [0.1, 0.15) is 0 Å². The lowest BCUT2D eigenvalue weighted by Crippen LogP contribution is -2.48. The van der Waals surface area contributed by atoms with Crippen LogP contribution in [0.25, 0.3) is 33.4 Å². The molecule has 0 spiro atoms. The van der Waals surface area contributed by atoms with E-state index in [2.05, 4.69) is 10.3 Å². The molecule has 2 aromatic carbocycles. The highest BCUT2D eigenvalue weighted by Crippen LogP contribution is 2.37. The van der Waals surface area contributed by atoms with Gasteiger partial charge in [-0.1, -0.05) is 0 Å². The molecule has 0 aliphatic carbocycles. The van der Waals surface area contributed by atoms with Crippen molar-refractivity contribution in [3.8, 4) is 28.3 Å². The van der Waals surface area contributed by atoms with Gasteiger partial charge in [-0.2, -0.15) is 0 Å². The van der Waals surface area contributed by atoms with Crippen molar-refractivity contribution in [2.24, 2.45) is 0 Å². The highest BCUT2D eigenvalue weighted by atomic mass is 19.1. The van der Waals surface area contributed by atoms with Crippen LogP contribution in [0, 0.1) is 11.6 Å². The SMILES string of the molecule is COc1cc(-c2cc(F)cc(F)c2)cc2c(N3CCNC(=O)C3)nc(-c3cccnc3)nc12. The molecule has 9 heteroatoms. The number of piperazine rings is 1. The van der Waals surface area contributed by atoms with Crippen molar-refractivity contribution < 1.29 is 18.3 Å². The summed E-state index contributed by atoms with van der Waals surface area (Å²) in [5, 5.41) is 3.41. The van der Waals surface area contributed by atoms with Crippen molar-refractivity contribution in [1.29, 1.82) is 0 Å². The molecular weight excluding hydrogens is 428 g/mol. The van der Waals surface area contributed by atoms with Gasteiger partial charge in [-0.15, -0.1) is 0 Å². The summed E-state index contributed by atoms with van der Waals surface area (Å²) in [6.07, 6.45) is 3.32. The number of hydrogen-bond donors (Lipinski definition) is 1. The van der Waals surface area contributed by atoms with E-state index >= 15 is 0 Å². The number of fused-ring (bicyclic) bond motifs is 1. The third-order valence-corrected chi connectivity index (χ3v) is 5.42. The van der Waals surface area contributed by atoms with Crippen LogP contribution in [0.4, 0.5) is 14.6 Å². The Morgan fingerprint density at radius 1 is 1.03 bits per heavy atom. The number of nitrogens with zero attached hydrogens (tertiary/aromatic N) is 4. The number of carbonyl (C=O) groups is 1. The van der Waals surface area contributed by atoms with Crippen LogP contribution in [0.2, 0.25) is 0 Å². The second-order valence-electron chi connectivity index (χ2n) is 7.62. The molecule has 0 bridgehead atoms. The van der Waals surface area contributed by atoms with Crippen LogP contribution in [-0.2, 0) is 4.79 Å². The van der Waals surface area contributed by atoms with Gasteiger partial charge in [0.05, 0.1) is 13.7 Å². The van der Waals surface area contributed by atoms with E-state index in [1.165, 1.54) is 19.2 Å². The van der Waals surface area contributed by atoms with E-state index in [1.54, 1.807) is 30.6 Å². The van der Waals surface area contributed by atoms with Gasteiger partial charge in [0.2, 0.25) is 5.91 Å². The molecule has 3 heterocycles. The number of nitrogens with one attached hydrogen (secondary N) is 1. The maximum Gasteiger partial charge on any atom is 0.239 e. The van der Waals surface area contributed by atoms with Gasteiger partial charge >= 0.3 is 0 Å². The maximum absolute atomic E-state index is 13.9. The molecule has 7 nitrogen and oxygen atoms in total. The lowest BCUT2D eigenvalue weighted by atomic mass is 10.0. The summed E-state index contributed by atoms with van der Waals surface area (Å²) >= 11 is 0. The zero-order chi connectivity index (χ0) is 22.9. The molecule has 1 amide bonds. The molecule has 1 aliphatic heterocycles. The minimum Gasteiger partial charge on any atom is -0.494 e. The summed E-state index contributed by atoms with van der Waals surface area (Å²) in [5.41, 5.74) is 2.12. The van der Waals surface area contributed by atoms with Crippen LogP contribution in [0.5, 0.6) is 5.75 Å². The molecule has 0 radical (unpaired) electrons. The average molecular weight is 447 g/mol. The van der Waals surface area contributed by atoms with Gasteiger partial charge in [-0.05, 0) is 47.5 Å². The van der Waals surface area contributed by atoms with E-state index in [-0.39, 0.29) is 12.5 Å². The van der Waals surface area contributed by atoms with Crippen molar-refractivity contribution in [2.45, 2.75) is 0 Å². The standard InChI is InChI=1S/C24H19F2N5O2/c1-33-20-10-16(15-7-17(25)11-18(26)8-15)9-19-22(20)29-23(14-3-2-4-27-12-14)30-24(19)31-6-5-28-21(32)13-31/h2-4,7-12H,5-6,13H2,1H3,(H,28,32). The van der Waals surface area contributed by atoms with E-state index in [9.17, 15) is 13.6 Å². The Bertz CT molecular complexity index is 1340. The zero-order valence-corrected chi connectivity index (χ0v) is 17.7. The number of benzene rings is 2. The molecule has 0 saturated carbocycles. The molecule has 0 unspecified atom stereocenters. The quantitative estimate of drug-likeness (QED) is 0.515. The Morgan fingerprint density at radius 3 is 2.52 bits per heavy atom. The number of pyridine rings is 1. The van der Waals surface area contributed by atoms with Gasteiger partial charge < -0.3 is 15.0 Å². The summed E-state index contributed by atoms with van der Waals surface area (Å²) in [7, 11) is 1.50. The molecule has 0 atom stereocenters. The number of carbonyl (C=O) groups excluding carboxylic acids is 1. The molecule has 33 heavy (non-hydrogen) atoms. The number of halogens is 2. The smallest absolute Gasteiger partial charge is 0.239 e. The Morgan fingerprint density at radius 2 is 1.82 bits per heavy atom. The zero-order valence-electron chi connectivity index (χ0n) is 17.7. The van der Waals surface area contributed by atoms with Gasteiger partial charge in [0.25, 0.3) is 0 Å². The maximum atomic E-state index is 13.9. The van der Waals surface area contributed by atoms with E-state index in [4.69, 9.17) is 14.7 Å². The fourth-order valence-corrected chi connectivity index (χ4v) is 3.91. The van der Waals surface area contributed by atoms with Crippen LogP contribution in [-0.4, -0.2) is 47.6 Å². The first-order valence-corrected chi connectivity index (χ1v) is 10.3. The first-order chi connectivity index (χ1) is 16.0. The van der Waals surface area contributed by atoms with E-state index in [0.29, 0.717) is 58.1 Å². The largest absolute Gasteiger partial charge is 0.494 e. The molecule has 166 valence electrons. The Kier molecular flexibility index (Phi) is 5.29. The van der Waals surface area contributed by atoms with Crippen molar-refractivity contribution in [3.05, 3.63) is 66.5 Å². The summed E-state index contributed by atoms with van der Waals surface area (Å²) in [6, 6.07) is 10.4. The molecule has 4 aromatic rings. The molecule has 1 saturated heterocycles. The van der Waals surface area contributed by atoms with Crippen molar-refractivity contribution in [1.82, 2.24) is 20.3 Å². The van der Waals surface area contributed by atoms with Crippen molar-refractivity contribution in [3.63, 3.8) is 0 Å². The second kappa shape index (κ2) is 8.42. The molecular formula is C24H19F2N5O2. The number of hydrogen-bond acceptors (Lipinski definition) is 6. The number of anilines is 1. The van der Waals surface area contributed by atoms with Crippen molar-refractivity contribution in [2.75, 3.05) is 31.6 Å². The summed E-state index contributed by atoms with van der Waals surface area (Å²) in [6.45, 7) is 1.14. The van der Waals surface area contributed by atoms with Gasteiger partial charge in [-0.3, -0.25) is 9.78 Å². The van der Waals surface area contributed by atoms with E-state index in [1.807, 2.05) is 11.0 Å². The third kappa shape index (κ3) is 4.05. The fourth-order valence-electron chi connectivity index (χ4n) is 3.91. The summed E-state index contributed by atoms with van der Waals surface area (Å²) in [4.78, 5) is 27.6. The Labute approximate surface area is 188 Å². The van der Waals surface area contributed by atoms with Crippen LogP contribution in [0.15, 0.2) is 54.9 Å². The topological polar surface area (TPSA) is 80.2 Å². The number of rotatable bonds is 4. The average Bonchev–Trinajstić information content (AvgIpc) is 2.82. The van der Waals surface area contributed by atoms with E-state index < -0.39 is 11.6 Å². The van der Waals surface area contributed by atoms with Gasteiger partial charge in [0, 0.05) is 42.5 Å².